The molecule has 10 heteroatoms. The number of anilines is 2. The number of nitrogens with zero attached hydrogens (tertiary/aromatic N) is 5. The molecule has 0 bridgehead atoms. The van der Waals surface area contributed by atoms with E-state index in [9.17, 15) is 9.18 Å². The number of piperazine rings is 1. The van der Waals surface area contributed by atoms with E-state index < -0.39 is 12.1 Å². The smallest absolute Gasteiger partial charge is 0.229 e. The number of aryl methyl sites for hydroxylation is 1. The molecule has 1 fully saturated rings. The van der Waals surface area contributed by atoms with Gasteiger partial charge < -0.3 is 14.8 Å². The summed E-state index contributed by atoms with van der Waals surface area (Å²) < 4.78 is 45.5. The van der Waals surface area contributed by atoms with Crippen LogP contribution in [0.25, 0.3) is 16.7 Å². The molecule has 0 aliphatic carbocycles. The number of hydrogen-bond donors (Lipinski definition) is 1. The van der Waals surface area contributed by atoms with Crippen LogP contribution >= 0.6 is 0 Å². The lowest BCUT2D eigenvalue weighted by molar-refractivity contribution is -0.131. The van der Waals surface area contributed by atoms with Gasteiger partial charge in [0, 0.05) is 67.8 Å². The second-order valence-electron chi connectivity index (χ2n) is 8.83. The Morgan fingerprint density at radius 1 is 1.03 bits per heavy atom. The summed E-state index contributed by atoms with van der Waals surface area (Å²) in [6.45, 7) is 4.66. The van der Waals surface area contributed by atoms with Gasteiger partial charge in [0.05, 0.1) is 0 Å². The van der Waals surface area contributed by atoms with Gasteiger partial charge in [-0.05, 0) is 55.0 Å². The fraction of sp³-hybridized carbons (Fsp3) is 0.269. The average molecular weight is 495 g/mol. The summed E-state index contributed by atoms with van der Waals surface area (Å²) in [6.07, 6.45) is 1.78. The molecule has 1 aliphatic rings. The minimum Gasteiger partial charge on any atom is -0.340 e. The molecule has 0 radical (unpaired) electrons. The second-order valence-corrected chi connectivity index (χ2v) is 8.83. The van der Waals surface area contributed by atoms with Crippen LogP contribution in [0.2, 0.25) is 0 Å². The van der Waals surface area contributed by atoms with Crippen LogP contribution in [0.15, 0.2) is 54.9 Å². The van der Waals surface area contributed by atoms with E-state index in [-0.39, 0.29) is 17.3 Å². The van der Waals surface area contributed by atoms with Gasteiger partial charge in [-0.1, -0.05) is 0 Å². The fourth-order valence-corrected chi connectivity index (χ4v) is 4.36. The van der Waals surface area contributed by atoms with Crippen molar-refractivity contribution in [2.24, 2.45) is 0 Å². The number of rotatable bonds is 5. The van der Waals surface area contributed by atoms with E-state index in [4.69, 9.17) is 0 Å². The van der Waals surface area contributed by atoms with E-state index >= 15 is 8.78 Å². The minimum absolute atomic E-state index is 0.0462. The Kier molecular flexibility index (Phi) is 6.36. The highest BCUT2D eigenvalue weighted by Gasteiger charge is 2.27. The maximum Gasteiger partial charge on any atom is 0.229 e. The van der Waals surface area contributed by atoms with Crippen LogP contribution in [-0.4, -0.2) is 56.4 Å². The Hall–Kier alpha value is -3.92. The predicted molar refractivity (Wildman–Crippen MR) is 131 cm³/mol. The highest BCUT2D eigenvalue weighted by Crippen LogP contribution is 2.29. The van der Waals surface area contributed by atoms with Gasteiger partial charge in [-0.15, -0.1) is 0 Å². The van der Waals surface area contributed by atoms with Crippen molar-refractivity contribution in [3.05, 3.63) is 77.6 Å². The normalized spacial score (nSPS) is 15.3. The number of halogens is 3. The first kappa shape index (κ1) is 23.8. The lowest BCUT2D eigenvalue weighted by Crippen LogP contribution is -2.48. The molecule has 36 heavy (non-hydrogen) atoms. The highest BCUT2D eigenvalue weighted by molar-refractivity contribution is 5.79. The SMILES string of the molecule is CC(=O)N1CCN(C(F)c2ccc(-n3ccc4cnc(Nc5ccc(F)c(C)c5)nc43)cc2F)CC1. The first-order valence-electron chi connectivity index (χ1n) is 11.6. The van der Waals surface area contributed by atoms with Gasteiger partial charge in [0.2, 0.25) is 11.9 Å². The summed E-state index contributed by atoms with van der Waals surface area (Å²) in [5.41, 5.74) is 2.11. The zero-order chi connectivity index (χ0) is 25.4. The van der Waals surface area contributed by atoms with Gasteiger partial charge in [0.1, 0.15) is 17.3 Å². The molecule has 1 aliphatic heterocycles. The number of nitrogens with one attached hydrogen (secondary N) is 1. The summed E-state index contributed by atoms with van der Waals surface area (Å²) in [4.78, 5) is 23.5. The third-order valence-electron chi connectivity index (χ3n) is 6.44. The molecule has 0 saturated carbocycles. The molecule has 2 aromatic carbocycles. The van der Waals surface area contributed by atoms with Crippen LogP contribution in [0.5, 0.6) is 0 Å². The van der Waals surface area contributed by atoms with Crippen LogP contribution in [0.1, 0.15) is 24.3 Å². The summed E-state index contributed by atoms with van der Waals surface area (Å²) in [5, 5.41) is 3.80. The lowest BCUT2D eigenvalue weighted by Gasteiger charge is -2.36. The van der Waals surface area contributed by atoms with E-state index in [1.807, 2.05) is 0 Å². The Morgan fingerprint density at radius 2 is 1.81 bits per heavy atom. The summed E-state index contributed by atoms with van der Waals surface area (Å²) in [5.74, 6) is -0.705. The zero-order valence-corrected chi connectivity index (χ0v) is 19.9. The minimum atomic E-state index is -1.60. The van der Waals surface area contributed by atoms with E-state index in [1.165, 1.54) is 30.0 Å². The number of carbonyl (C=O) groups excluding carboxylic acids is 1. The van der Waals surface area contributed by atoms with Crippen LogP contribution in [0, 0.1) is 18.6 Å². The zero-order valence-electron chi connectivity index (χ0n) is 19.9. The van der Waals surface area contributed by atoms with Gasteiger partial charge in [-0.25, -0.2) is 18.2 Å². The van der Waals surface area contributed by atoms with Gasteiger partial charge >= 0.3 is 0 Å². The quantitative estimate of drug-likeness (QED) is 0.401. The number of alkyl halides is 1. The van der Waals surface area contributed by atoms with E-state index in [0.717, 1.165) is 5.39 Å². The van der Waals surface area contributed by atoms with Crippen molar-refractivity contribution < 1.29 is 18.0 Å². The second kappa shape index (κ2) is 9.62. The molecular weight excluding hydrogens is 469 g/mol. The topological polar surface area (TPSA) is 66.3 Å². The molecular formula is C26H25F3N6O. The van der Waals surface area contributed by atoms with Gasteiger partial charge in [-0.2, -0.15) is 4.98 Å². The first-order chi connectivity index (χ1) is 17.3. The van der Waals surface area contributed by atoms with Gasteiger partial charge in [0.15, 0.2) is 6.30 Å². The largest absolute Gasteiger partial charge is 0.340 e. The third-order valence-corrected chi connectivity index (χ3v) is 6.44. The summed E-state index contributed by atoms with van der Waals surface area (Å²) in [6, 6.07) is 10.8. The number of aromatic nitrogens is 3. The molecule has 2 aromatic heterocycles. The Balaban J connectivity index is 1.38. The Labute approximate surface area is 206 Å². The van der Waals surface area contributed by atoms with Crippen LogP contribution in [-0.2, 0) is 4.79 Å². The van der Waals surface area contributed by atoms with Crippen molar-refractivity contribution >= 4 is 28.6 Å². The predicted octanol–water partition coefficient (Wildman–Crippen LogP) is 4.88. The standard InChI is InChI=1S/C26H25F3N6O/c1-16-13-19(3-6-22(16)27)31-26-30-15-18-7-8-35(25(18)32-26)20-4-5-21(23(28)14-20)24(29)34-11-9-33(10-12-34)17(2)36/h3-8,13-15,24H,9-12H2,1-2H3,(H,30,31,32). The number of carbonyl (C=O) groups is 1. The maximum atomic E-state index is 15.2. The Bertz CT molecular complexity index is 1430. The molecule has 7 nitrogen and oxygen atoms in total. The molecule has 1 unspecified atom stereocenters. The summed E-state index contributed by atoms with van der Waals surface area (Å²) >= 11 is 0. The monoisotopic (exact) mass is 494 g/mol. The molecule has 4 aromatic rings. The van der Waals surface area contributed by atoms with Crippen LogP contribution in [0.4, 0.5) is 24.8 Å². The van der Waals surface area contributed by atoms with Crippen molar-refractivity contribution in [2.75, 3.05) is 31.5 Å². The molecule has 186 valence electrons. The van der Waals surface area contributed by atoms with Crippen molar-refractivity contribution in [3.8, 4) is 5.69 Å². The van der Waals surface area contributed by atoms with Crippen molar-refractivity contribution in [1.29, 1.82) is 0 Å². The van der Waals surface area contributed by atoms with Gasteiger partial charge in [0.25, 0.3) is 0 Å². The molecule has 3 heterocycles. The molecule has 1 saturated heterocycles. The maximum absolute atomic E-state index is 15.2. The molecule has 1 amide bonds. The average Bonchev–Trinajstić information content (AvgIpc) is 3.29. The van der Waals surface area contributed by atoms with E-state index in [2.05, 4.69) is 15.3 Å². The van der Waals surface area contributed by atoms with Crippen molar-refractivity contribution in [1.82, 2.24) is 24.3 Å². The molecule has 5 rings (SSSR count). The molecule has 1 atom stereocenters. The first-order valence-corrected chi connectivity index (χ1v) is 11.6. The van der Waals surface area contributed by atoms with Crippen molar-refractivity contribution in [2.45, 2.75) is 20.1 Å². The number of fused-ring (bicyclic) bond motifs is 1. The van der Waals surface area contributed by atoms with Crippen molar-refractivity contribution in [3.63, 3.8) is 0 Å². The third kappa shape index (κ3) is 4.64. The fourth-order valence-electron chi connectivity index (χ4n) is 4.36. The number of hydrogen-bond acceptors (Lipinski definition) is 5. The number of amides is 1. The lowest BCUT2D eigenvalue weighted by atomic mass is 10.1. The molecule has 1 N–H and O–H groups in total. The van der Waals surface area contributed by atoms with Gasteiger partial charge in [-0.3, -0.25) is 9.69 Å². The van der Waals surface area contributed by atoms with Crippen LogP contribution in [0.3, 0.4) is 0 Å². The Morgan fingerprint density at radius 3 is 2.50 bits per heavy atom. The number of benzene rings is 2. The molecule has 0 spiro atoms. The van der Waals surface area contributed by atoms with E-state index in [1.54, 1.807) is 53.0 Å². The summed E-state index contributed by atoms with van der Waals surface area (Å²) in [7, 11) is 0. The van der Waals surface area contributed by atoms with E-state index in [0.29, 0.717) is 54.7 Å². The van der Waals surface area contributed by atoms with Crippen LogP contribution < -0.4 is 5.32 Å². The highest BCUT2D eigenvalue weighted by atomic mass is 19.1.